The third-order valence-corrected chi connectivity index (χ3v) is 2.73. The molecular weight excluding hydrogens is 280 g/mol. The first kappa shape index (κ1) is 11.9. The summed E-state index contributed by atoms with van der Waals surface area (Å²) in [5, 5.41) is 0. The number of hydrogen-bond donors (Lipinski definition) is 0. The molecule has 0 aliphatic heterocycles. The van der Waals surface area contributed by atoms with E-state index in [0.29, 0.717) is 5.82 Å². The van der Waals surface area contributed by atoms with Crippen molar-refractivity contribution in [2.24, 2.45) is 0 Å². The van der Waals surface area contributed by atoms with Crippen LogP contribution >= 0.6 is 15.9 Å². The summed E-state index contributed by atoms with van der Waals surface area (Å²) in [5.74, 6) is 0.631. The fraction of sp³-hybridized carbons (Fsp3) is 0.154. The number of carbonyl (C=O) groups is 1. The SMILES string of the molecule is CC(=O)Cc1nccc(-c2cccc(Br)c2)n1. The fourth-order valence-electron chi connectivity index (χ4n) is 1.52. The average Bonchev–Trinajstić information content (AvgIpc) is 2.28. The highest BCUT2D eigenvalue weighted by atomic mass is 79.9. The van der Waals surface area contributed by atoms with E-state index in [-0.39, 0.29) is 12.2 Å². The maximum Gasteiger partial charge on any atom is 0.137 e. The van der Waals surface area contributed by atoms with Crippen molar-refractivity contribution >= 4 is 21.7 Å². The van der Waals surface area contributed by atoms with Crippen molar-refractivity contribution in [3.8, 4) is 11.3 Å². The molecule has 0 N–H and O–H groups in total. The molecule has 1 aromatic heterocycles. The lowest BCUT2D eigenvalue weighted by molar-refractivity contribution is -0.116. The summed E-state index contributed by atoms with van der Waals surface area (Å²) >= 11 is 3.42. The quantitative estimate of drug-likeness (QED) is 0.873. The first-order valence-electron chi connectivity index (χ1n) is 5.22. The number of rotatable bonds is 3. The van der Waals surface area contributed by atoms with Gasteiger partial charge in [-0.15, -0.1) is 0 Å². The van der Waals surface area contributed by atoms with Crippen molar-refractivity contribution in [1.29, 1.82) is 0 Å². The number of aromatic nitrogens is 2. The third kappa shape index (κ3) is 3.20. The lowest BCUT2D eigenvalue weighted by Gasteiger charge is -2.03. The van der Waals surface area contributed by atoms with Crippen LogP contribution in [0.1, 0.15) is 12.7 Å². The molecule has 17 heavy (non-hydrogen) atoms. The molecule has 0 saturated heterocycles. The molecule has 1 heterocycles. The lowest BCUT2D eigenvalue weighted by atomic mass is 10.1. The normalized spacial score (nSPS) is 10.2. The number of halogens is 1. The second-order valence-corrected chi connectivity index (χ2v) is 4.66. The van der Waals surface area contributed by atoms with Crippen LogP contribution in [0.2, 0.25) is 0 Å². The number of carbonyl (C=O) groups excluding carboxylic acids is 1. The van der Waals surface area contributed by atoms with Gasteiger partial charge >= 0.3 is 0 Å². The Labute approximate surface area is 108 Å². The Morgan fingerprint density at radius 1 is 1.35 bits per heavy atom. The summed E-state index contributed by atoms with van der Waals surface area (Å²) < 4.78 is 1.00. The van der Waals surface area contributed by atoms with Crippen LogP contribution in [0.5, 0.6) is 0 Å². The van der Waals surface area contributed by atoms with Gasteiger partial charge in [0, 0.05) is 16.2 Å². The molecule has 0 spiro atoms. The Bertz CT molecular complexity index is 555. The maximum atomic E-state index is 11.0. The van der Waals surface area contributed by atoms with Crippen molar-refractivity contribution in [2.75, 3.05) is 0 Å². The van der Waals surface area contributed by atoms with Crippen molar-refractivity contribution < 1.29 is 4.79 Å². The van der Waals surface area contributed by atoms with Crippen molar-refractivity contribution in [3.05, 3.63) is 46.8 Å². The van der Waals surface area contributed by atoms with Gasteiger partial charge in [-0.25, -0.2) is 9.97 Å². The third-order valence-electron chi connectivity index (χ3n) is 2.23. The molecule has 0 atom stereocenters. The molecule has 0 amide bonds. The molecule has 0 aliphatic carbocycles. The van der Waals surface area contributed by atoms with Gasteiger partial charge in [0.1, 0.15) is 11.6 Å². The molecule has 0 bridgehead atoms. The van der Waals surface area contributed by atoms with Crippen LogP contribution in [0.3, 0.4) is 0 Å². The summed E-state index contributed by atoms with van der Waals surface area (Å²) in [7, 11) is 0. The zero-order valence-corrected chi connectivity index (χ0v) is 10.9. The fourth-order valence-corrected chi connectivity index (χ4v) is 1.91. The van der Waals surface area contributed by atoms with Gasteiger partial charge in [0.25, 0.3) is 0 Å². The number of nitrogens with zero attached hydrogens (tertiary/aromatic N) is 2. The lowest BCUT2D eigenvalue weighted by Crippen LogP contribution is -2.02. The molecule has 0 unspecified atom stereocenters. The van der Waals surface area contributed by atoms with Crippen LogP contribution in [0, 0.1) is 0 Å². The molecule has 0 radical (unpaired) electrons. The smallest absolute Gasteiger partial charge is 0.137 e. The predicted octanol–water partition coefficient (Wildman–Crippen LogP) is 3.04. The standard InChI is InChI=1S/C13H11BrN2O/c1-9(17)7-13-15-6-5-12(16-13)10-3-2-4-11(14)8-10/h2-6,8H,7H2,1H3. The summed E-state index contributed by atoms with van der Waals surface area (Å²) in [6.07, 6.45) is 1.96. The summed E-state index contributed by atoms with van der Waals surface area (Å²) in [5.41, 5.74) is 1.84. The molecule has 0 saturated carbocycles. The van der Waals surface area contributed by atoms with E-state index in [1.807, 2.05) is 30.3 Å². The van der Waals surface area contributed by atoms with Gasteiger partial charge in [0.2, 0.25) is 0 Å². The molecule has 2 aromatic rings. The zero-order chi connectivity index (χ0) is 12.3. The minimum Gasteiger partial charge on any atom is -0.300 e. The van der Waals surface area contributed by atoms with E-state index in [0.717, 1.165) is 15.7 Å². The maximum absolute atomic E-state index is 11.0. The minimum atomic E-state index is 0.0661. The van der Waals surface area contributed by atoms with Crippen molar-refractivity contribution in [3.63, 3.8) is 0 Å². The van der Waals surface area contributed by atoms with Crippen LogP contribution in [-0.2, 0) is 11.2 Å². The Balaban J connectivity index is 2.36. The van der Waals surface area contributed by atoms with E-state index in [2.05, 4.69) is 25.9 Å². The molecule has 3 nitrogen and oxygen atoms in total. The van der Waals surface area contributed by atoms with Gasteiger partial charge in [-0.05, 0) is 25.1 Å². The van der Waals surface area contributed by atoms with Crippen LogP contribution in [0.15, 0.2) is 41.0 Å². The molecule has 86 valence electrons. The van der Waals surface area contributed by atoms with Crippen LogP contribution < -0.4 is 0 Å². The number of benzene rings is 1. The Kier molecular flexibility index (Phi) is 3.64. The van der Waals surface area contributed by atoms with Crippen LogP contribution in [-0.4, -0.2) is 15.8 Å². The molecule has 0 aliphatic rings. The Morgan fingerprint density at radius 3 is 2.88 bits per heavy atom. The molecule has 2 rings (SSSR count). The van der Waals surface area contributed by atoms with Crippen molar-refractivity contribution in [1.82, 2.24) is 9.97 Å². The second-order valence-electron chi connectivity index (χ2n) is 3.75. The van der Waals surface area contributed by atoms with Crippen molar-refractivity contribution in [2.45, 2.75) is 13.3 Å². The van der Waals surface area contributed by atoms with Gasteiger partial charge in [-0.1, -0.05) is 28.1 Å². The van der Waals surface area contributed by atoms with E-state index in [1.165, 1.54) is 6.92 Å². The topological polar surface area (TPSA) is 42.9 Å². The van der Waals surface area contributed by atoms with E-state index < -0.39 is 0 Å². The second kappa shape index (κ2) is 5.19. The van der Waals surface area contributed by atoms with Gasteiger partial charge in [0.05, 0.1) is 12.1 Å². The van der Waals surface area contributed by atoms with E-state index in [9.17, 15) is 4.79 Å². The molecule has 0 fully saturated rings. The number of hydrogen-bond acceptors (Lipinski definition) is 3. The van der Waals surface area contributed by atoms with Gasteiger partial charge < -0.3 is 0 Å². The molecule has 4 heteroatoms. The average molecular weight is 291 g/mol. The van der Waals surface area contributed by atoms with Gasteiger partial charge in [-0.3, -0.25) is 4.79 Å². The largest absolute Gasteiger partial charge is 0.300 e. The van der Waals surface area contributed by atoms with E-state index in [4.69, 9.17) is 0 Å². The first-order valence-corrected chi connectivity index (χ1v) is 6.02. The Hall–Kier alpha value is -1.55. The van der Waals surface area contributed by atoms with E-state index in [1.54, 1.807) is 6.20 Å². The molecule has 1 aromatic carbocycles. The highest BCUT2D eigenvalue weighted by Gasteiger charge is 2.04. The highest BCUT2D eigenvalue weighted by Crippen LogP contribution is 2.20. The minimum absolute atomic E-state index is 0.0661. The van der Waals surface area contributed by atoms with E-state index >= 15 is 0 Å². The van der Waals surface area contributed by atoms with Crippen LogP contribution in [0.4, 0.5) is 0 Å². The van der Waals surface area contributed by atoms with Gasteiger partial charge in [0.15, 0.2) is 0 Å². The summed E-state index contributed by atoms with van der Waals surface area (Å²) in [6, 6.07) is 9.71. The molecular formula is C13H11BrN2O. The monoisotopic (exact) mass is 290 g/mol. The summed E-state index contributed by atoms with van der Waals surface area (Å²) in [6.45, 7) is 1.54. The number of Topliss-reactive ketones (excluding diaryl/α,β-unsaturated/α-hetero) is 1. The zero-order valence-electron chi connectivity index (χ0n) is 9.35. The highest BCUT2D eigenvalue weighted by molar-refractivity contribution is 9.10. The predicted molar refractivity (Wildman–Crippen MR) is 69.6 cm³/mol. The Morgan fingerprint density at radius 2 is 2.18 bits per heavy atom. The number of ketones is 1. The van der Waals surface area contributed by atoms with Crippen LogP contribution in [0.25, 0.3) is 11.3 Å². The first-order chi connectivity index (χ1) is 8.15. The summed E-state index contributed by atoms with van der Waals surface area (Å²) in [4.78, 5) is 19.5. The van der Waals surface area contributed by atoms with Gasteiger partial charge in [-0.2, -0.15) is 0 Å².